The minimum atomic E-state index is -0.383. The van der Waals surface area contributed by atoms with Crippen molar-refractivity contribution >= 4 is 28.6 Å². The van der Waals surface area contributed by atoms with Crippen molar-refractivity contribution in [2.45, 2.75) is 64.1 Å². The van der Waals surface area contributed by atoms with Gasteiger partial charge in [0.15, 0.2) is 0 Å². The molecule has 1 saturated carbocycles. The number of nitrogens with zero attached hydrogens (tertiary/aromatic N) is 1. The second-order valence-corrected chi connectivity index (χ2v) is 7.70. The summed E-state index contributed by atoms with van der Waals surface area (Å²) in [5, 5.41) is 0. The van der Waals surface area contributed by atoms with E-state index in [1.807, 2.05) is 6.20 Å². The fourth-order valence-corrected chi connectivity index (χ4v) is 3.23. The van der Waals surface area contributed by atoms with Gasteiger partial charge in [-0.1, -0.05) is 22.4 Å². The van der Waals surface area contributed by atoms with Crippen LogP contribution in [0.1, 0.15) is 58.4 Å². The third-order valence-corrected chi connectivity index (χ3v) is 5.63. The van der Waals surface area contributed by atoms with Gasteiger partial charge in [0.1, 0.15) is 0 Å². The highest BCUT2D eigenvalue weighted by Crippen LogP contribution is 2.40. The van der Waals surface area contributed by atoms with Crippen LogP contribution in [0.3, 0.4) is 0 Å². The van der Waals surface area contributed by atoms with E-state index in [1.54, 1.807) is 0 Å². The van der Waals surface area contributed by atoms with Gasteiger partial charge in [-0.25, -0.2) is 0 Å². The summed E-state index contributed by atoms with van der Waals surface area (Å²) in [6.07, 6.45) is 5.86. The molecule has 108 valence electrons. The molecule has 0 atom stereocenters. The molecule has 5 heteroatoms. The summed E-state index contributed by atoms with van der Waals surface area (Å²) in [5.41, 5.74) is 1.52. The number of halogens is 1. The molecule has 2 aliphatic rings. The Morgan fingerprint density at radius 1 is 1.20 bits per heavy atom. The zero-order chi connectivity index (χ0) is 14.5. The van der Waals surface area contributed by atoms with Crippen LogP contribution in [0.25, 0.3) is 0 Å². The van der Waals surface area contributed by atoms with Crippen LogP contribution >= 0.6 is 15.9 Å². The number of rotatable bonds is 2. The Kier molecular flexibility index (Phi) is 3.51. The second kappa shape index (κ2) is 4.82. The first kappa shape index (κ1) is 14.5. The maximum atomic E-state index is 6.04. The average molecular weight is 338 g/mol. The van der Waals surface area contributed by atoms with Crippen LogP contribution in [0.4, 0.5) is 0 Å². The Morgan fingerprint density at radius 3 is 2.25 bits per heavy atom. The van der Waals surface area contributed by atoms with Gasteiger partial charge in [-0.3, -0.25) is 4.98 Å². The van der Waals surface area contributed by atoms with Crippen LogP contribution in [-0.2, 0) is 9.31 Å². The summed E-state index contributed by atoms with van der Waals surface area (Å²) >= 11 is 3.68. The van der Waals surface area contributed by atoms with Crippen molar-refractivity contribution in [3.63, 3.8) is 0 Å². The largest absolute Gasteiger partial charge is 0.514 e. The van der Waals surface area contributed by atoms with Gasteiger partial charge in [0.25, 0.3) is 0 Å². The summed E-state index contributed by atoms with van der Waals surface area (Å²) in [6.45, 7) is 8.24. The van der Waals surface area contributed by atoms with E-state index in [0.29, 0.717) is 5.92 Å². The van der Waals surface area contributed by atoms with E-state index in [2.05, 4.69) is 54.7 Å². The standard InChI is InChI=1S/C15H21BBrNO2/c1-14(2)15(3,4)20-16(19-14)13-8-12(17)11(9-18-13)10-6-5-7-10/h8-10H,5-7H2,1-4H3. The van der Waals surface area contributed by atoms with E-state index in [9.17, 15) is 0 Å². The molecule has 0 N–H and O–H groups in total. The predicted octanol–water partition coefficient (Wildman–Crippen LogP) is 3.41. The van der Waals surface area contributed by atoms with E-state index in [0.717, 1.165) is 10.1 Å². The first-order valence-corrected chi connectivity index (χ1v) is 8.10. The van der Waals surface area contributed by atoms with Crippen LogP contribution in [-0.4, -0.2) is 23.3 Å². The molecular formula is C15H21BBrNO2. The van der Waals surface area contributed by atoms with Crippen molar-refractivity contribution in [3.8, 4) is 0 Å². The quantitative estimate of drug-likeness (QED) is 0.775. The van der Waals surface area contributed by atoms with E-state index in [4.69, 9.17) is 9.31 Å². The number of hydrogen-bond donors (Lipinski definition) is 0. The average Bonchev–Trinajstić information content (AvgIpc) is 2.48. The maximum absolute atomic E-state index is 6.04. The van der Waals surface area contributed by atoms with Crippen molar-refractivity contribution in [2.24, 2.45) is 0 Å². The van der Waals surface area contributed by atoms with E-state index < -0.39 is 0 Å². The lowest BCUT2D eigenvalue weighted by molar-refractivity contribution is 0.00578. The fraction of sp³-hybridized carbons (Fsp3) is 0.667. The van der Waals surface area contributed by atoms with Crippen LogP contribution in [0.15, 0.2) is 16.7 Å². The molecule has 0 spiro atoms. The molecule has 3 rings (SSSR count). The zero-order valence-electron chi connectivity index (χ0n) is 12.6. The Morgan fingerprint density at radius 2 is 1.80 bits per heavy atom. The van der Waals surface area contributed by atoms with Crippen LogP contribution < -0.4 is 5.59 Å². The molecule has 1 aromatic rings. The first-order valence-electron chi connectivity index (χ1n) is 7.31. The van der Waals surface area contributed by atoms with Gasteiger partial charge in [-0.15, -0.1) is 0 Å². The monoisotopic (exact) mass is 337 g/mol. The van der Waals surface area contributed by atoms with Crippen LogP contribution in [0.2, 0.25) is 0 Å². The minimum absolute atomic E-state index is 0.321. The van der Waals surface area contributed by atoms with Gasteiger partial charge >= 0.3 is 7.12 Å². The van der Waals surface area contributed by atoms with E-state index >= 15 is 0 Å². The highest BCUT2D eigenvalue weighted by atomic mass is 79.9. The Balaban J connectivity index is 1.83. The molecular weight excluding hydrogens is 317 g/mol. The normalized spacial score (nSPS) is 24.8. The number of aromatic nitrogens is 1. The SMILES string of the molecule is CC1(C)OB(c2cc(Br)c(C3CCC3)cn2)OC1(C)C. The smallest absolute Gasteiger partial charge is 0.398 e. The molecule has 1 aliphatic carbocycles. The Hall–Kier alpha value is -0.385. The highest BCUT2D eigenvalue weighted by molar-refractivity contribution is 9.10. The lowest BCUT2D eigenvalue weighted by Gasteiger charge is -2.32. The van der Waals surface area contributed by atoms with Gasteiger partial charge in [0.2, 0.25) is 0 Å². The number of hydrogen-bond acceptors (Lipinski definition) is 3. The van der Waals surface area contributed by atoms with Crippen molar-refractivity contribution in [1.82, 2.24) is 4.98 Å². The first-order chi connectivity index (χ1) is 9.30. The van der Waals surface area contributed by atoms with Crippen LogP contribution in [0.5, 0.6) is 0 Å². The third-order valence-electron chi connectivity index (χ3n) is 4.94. The zero-order valence-corrected chi connectivity index (χ0v) is 14.2. The molecule has 20 heavy (non-hydrogen) atoms. The van der Waals surface area contributed by atoms with Crippen molar-refractivity contribution in [1.29, 1.82) is 0 Å². The van der Waals surface area contributed by atoms with E-state index in [1.165, 1.54) is 24.8 Å². The molecule has 0 aromatic carbocycles. The maximum Gasteiger partial charge on any atom is 0.514 e. The minimum Gasteiger partial charge on any atom is -0.398 e. The summed E-state index contributed by atoms with van der Waals surface area (Å²) in [7, 11) is -0.383. The summed E-state index contributed by atoms with van der Waals surface area (Å²) in [4.78, 5) is 4.58. The van der Waals surface area contributed by atoms with Gasteiger partial charge in [-0.05, 0) is 58.1 Å². The molecule has 1 aromatic heterocycles. The lowest BCUT2D eigenvalue weighted by Crippen LogP contribution is -2.41. The lowest BCUT2D eigenvalue weighted by atomic mass is 9.79. The number of pyridine rings is 1. The van der Waals surface area contributed by atoms with Gasteiger partial charge in [0, 0.05) is 10.7 Å². The van der Waals surface area contributed by atoms with Gasteiger partial charge < -0.3 is 9.31 Å². The molecule has 2 fully saturated rings. The third kappa shape index (κ3) is 2.34. The molecule has 1 saturated heterocycles. The molecule has 0 radical (unpaired) electrons. The fourth-order valence-electron chi connectivity index (χ4n) is 2.57. The highest BCUT2D eigenvalue weighted by Gasteiger charge is 2.52. The Bertz CT molecular complexity index is 513. The molecule has 2 heterocycles. The van der Waals surface area contributed by atoms with Crippen LogP contribution in [0, 0.1) is 0 Å². The second-order valence-electron chi connectivity index (χ2n) is 6.85. The van der Waals surface area contributed by atoms with Crippen molar-refractivity contribution in [2.75, 3.05) is 0 Å². The summed E-state index contributed by atoms with van der Waals surface area (Å²) < 4.78 is 13.2. The summed E-state index contributed by atoms with van der Waals surface area (Å²) in [5.74, 6) is 0.671. The van der Waals surface area contributed by atoms with Crippen molar-refractivity contribution in [3.05, 3.63) is 22.3 Å². The topological polar surface area (TPSA) is 31.4 Å². The van der Waals surface area contributed by atoms with Gasteiger partial charge in [0.05, 0.1) is 16.8 Å². The Labute approximate surface area is 129 Å². The predicted molar refractivity (Wildman–Crippen MR) is 84.2 cm³/mol. The molecule has 3 nitrogen and oxygen atoms in total. The molecule has 0 amide bonds. The summed E-state index contributed by atoms with van der Waals surface area (Å²) in [6, 6.07) is 2.05. The molecule has 0 unspecified atom stereocenters. The van der Waals surface area contributed by atoms with E-state index in [-0.39, 0.29) is 18.3 Å². The van der Waals surface area contributed by atoms with Gasteiger partial charge in [-0.2, -0.15) is 0 Å². The van der Waals surface area contributed by atoms with Crippen molar-refractivity contribution < 1.29 is 9.31 Å². The molecule has 1 aliphatic heterocycles. The molecule has 0 bridgehead atoms.